The average molecular weight is 325 g/mol. The zero-order valence-corrected chi connectivity index (χ0v) is 13.0. The number of para-hydroxylation sites is 1. The van der Waals surface area contributed by atoms with Crippen LogP contribution in [0.15, 0.2) is 24.3 Å². The highest BCUT2D eigenvalue weighted by molar-refractivity contribution is 5.99. The Labute approximate surface area is 133 Å². The third-order valence-electron chi connectivity index (χ3n) is 2.69. The van der Waals surface area contributed by atoms with Gasteiger partial charge in [0.1, 0.15) is 11.9 Å². The number of anilines is 1. The highest BCUT2D eigenvalue weighted by Gasteiger charge is 2.24. The fourth-order valence-corrected chi connectivity index (χ4v) is 1.62. The number of ether oxygens (including phenoxy) is 1. The molecule has 0 fully saturated rings. The molecule has 1 aromatic carbocycles. The maximum atomic E-state index is 13.5. The highest BCUT2D eigenvalue weighted by Crippen LogP contribution is 2.13. The van der Waals surface area contributed by atoms with Gasteiger partial charge in [0.15, 0.2) is 0 Å². The van der Waals surface area contributed by atoms with Crippen LogP contribution in [0.1, 0.15) is 20.3 Å². The van der Waals surface area contributed by atoms with Crippen LogP contribution in [-0.2, 0) is 14.3 Å². The predicted octanol–water partition coefficient (Wildman–Crippen LogP) is 1.39. The number of hydrogen-bond acceptors (Lipinski definition) is 4. The van der Waals surface area contributed by atoms with E-state index in [2.05, 4.69) is 10.6 Å². The molecule has 1 rings (SSSR count). The fourth-order valence-electron chi connectivity index (χ4n) is 1.62. The van der Waals surface area contributed by atoms with E-state index in [-0.39, 0.29) is 18.2 Å². The molecule has 0 saturated heterocycles. The smallest absolute Gasteiger partial charge is 0.407 e. The molecule has 126 valence electrons. The largest absolute Gasteiger partial charge is 0.449 e. The molecule has 23 heavy (non-hydrogen) atoms. The summed E-state index contributed by atoms with van der Waals surface area (Å²) in [6.07, 6.45) is -1.29. The molecule has 0 radical (unpaired) electrons. The van der Waals surface area contributed by atoms with Gasteiger partial charge in [-0.05, 0) is 18.1 Å². The molecule has 7 nitrogen and oxygen atoms in total. The quantitative estimate of drug-likeness (QED) is 0.703. The van der Waals surface area contributed by atoms with Crippen LogP contribution in [0.3, 0.4) is 0 Å². The lowest BCUT2D eigenvalue weighted by molar-refractivity contribution is -0.123. The topological polar surface area (TPSA) is 111 Å². The van der Waals surface area contributed by atoms with Crippen LogP contribution in [0, 0.1) is 11.7 Å². The number of amides is 3. The zero-order valence-electron chi connectivity index (χ0n) is 13.0. The summed E-state index contributed by atoms with van der Waals surface area (Å²) in [6.45, 7) is 3.85. The van der Waals surface area contributed by atoms with Crippen molar-refractivity contribution in [1.29, 1.82) is 0 Å². The van der Waals surface area contributed by atoms with E-state index in [1.807, 2.05) is 13.8 Å². The maximum Gasteiger partial charge on any atom is 0.407 e. The highest BCUT2D eigenvalue weighted by atomic mass is 19.1. The summed E-state index contributed by atoms with van der Waals surface area (Å²) < 4.78 is 18.4. The number of alkyl carbamates (subject to hydrolysis) is 1. The third-order valence-corrected chi connectivity index (χ3v) is 2.69. The molecule has 0 saturated carbocycles. The van der Waals surface area contributed by atoms with Crippen LogP contribution in [0.2, 0.25) is 0 Å². The van der Waals surface area contributed by atoms with E-state index in [1.54, 1.807) is 0 Å². The van der Waals surface area contributed by atoms with Gasteiger partial charge in [-0.2, -0.15) is 0 Å². The summed E-state index contributed by atoms with van der Waals surface area (Å²) in [5, 5.41) is 4.54. The number of carbonyl (C=O) groups excluding carboxylic acids is 3. The lowest BCUT2D eigenvalue weighted by Crippen LogP contribution is -2.46. The van der Waals surface area contributed by atoms with Crippen LogP contribution in [0.4, 0.5) is 14.9 Å². The van der Waals surface area contributed by atoms with Crippen molar-refractivity contribution >= 4 is 23.6 Å². The zero-order chi connectivity index (χ0) is 17.4. The van der Waals surface area contributed by atoms with Crippen LogP contribution in [-0.4, -0.2) is 30.6 Å². The summed E-state index contributed by atoms with van der Waals surface area (Å²) in [7, 11) is 0. The summed E-state index contributed by atoms with van der Waals surface area (Å²) in [5.74, 6) is -2.08. The van der Waals surface area contributed by atoms with Crippen molar-refractivity contribution in [2.24, 2.45) is 11.7 Å². The molecule has 4 N–H and O–H groups in total. The Morgan fingerprint density at radius 1 is 1.26 bits per heavy atom. The Morgan fingerprint density at radius 2 is 1.91 bits per heavy atom. The Hall–Kier alpha value is -2.64. The first-order valence-electron chi connectivity index (χ1n) is 7.06. The molecule has 8 heteroatoms. The second kappa shape index (κ2) is 8.72. The number of nitrogens with two attached hydrogens (primary N) is 1. The van der Waals surface area contributed by atoms with Crippen LogP contribution >= 0.6 is 0 Å². The third kappa shape index (κ3) is 6.77. The standard InChI is InChI=1S/C15H20FN3O4/c1-9(2)8-23-15(22)19-12(7-13(17)20)14(21)18-11-6-4-3-5-10(11)16/h3-6,9,12H,7-8H2,1-2H3,(H2,17,20)(H,18,21)(H,19,22)/t12-/m1/s1. The molecule has 0 bridgehead atoms. The van der Waals surface area contributed by atoms with Gasteiger partial charge in [-0.15, -0.1) is 0 Å². The first-order valence-corrected chi connectivity index (χ1v) is 7.06. The molecule has 3 amide bonds. The minimum absolute atomic E-state index is 0.0654. The van der Waals surface area contributed by atoms with E-state index in [0.717, 1.165) is 0 Å². The number of primary amides is 1. The average Bonchev–Trinajstić information content (AvgIpc) is 2.46. The van der Waals surface area contributed by atoms with Crippen molar-refractivity contribution in [3.05, 3.63) is 30.1 Å². The van der Waals surface area contributed by atoms with Crippen molar-refractivity contribution < 1.29 is 23.5 Å². The van der Waals surface area contributed by atoms with Gasteiger partial charge in [0.05, 0.1) is 18.7 Å². The SMILES string of the molecule is CC(C)COC(=O)N[C@H](CC(N)=O)C(=O)Nc1ccccc1F. The Balaban J connectivity index is 2.72. The lowest BCUT2D eigenvalue weighted by Gasteiger charge is -2.17. The summed E-state index contributed by atoms with van der Waals surface area (Å²) >= 11 is 0. The molecule has 0 heterocycles. The van der Waals surface area contributed by atoms with Crippen molar-refractivity contribution in [3.8, 4) is 0 Å². The number of nitrogens with one attached hydrogen (secondary N) is 2. The second-order valence-electron chi connectivity index (χ2n) is 5.33. The Morgan fingerprint density at radius 3 is 2.48 bits per heavy atom. The van der Waals surface area contributed by atoms with Crippen LogP contribution in [0.25, 0.3) is 0 Å². The monoisotopic (exact) mass is 325 g/mol. The predicted molar refractivity (Wildman–Crippen MR) is 82.0 cm³/mol. The molecule has 0 aromatic heterocycles. The van der Waals surface area contributed by atoms with Crippen molar-refractivity contribution in [2.75, 3.05) is 11.9 Å². The molecule has 0 aliphatic carbocycles. The van der Waals surface area contributed by atoms with Gasteiger partial charge in [-0.25, -0.2) is 9.18 Å². The minimum atomic E-state index is -1.26. The van der Waals surface area contributed by atoms with Crippen molar-refractivity contribution in [1.82, 2.24) is 5.32 Å². The maximum absolute atomic E-state index is 13.5. The number of halogens is 1. The molecular formula is C15H20FN3O4. The molecular weight excluding hydrogens is 305 g/mol. The normalized spacial score (nSPS) is 11.7. The number of rotatable bonds is 7. The summed E-state index contributed by atoms with van der Waals surface area (Å²) in [6, 6.07) is 4.26. The van der Waals surface area contributed by atoms with E-state index in [9.17, 15) is 18.8 Å². The molecule has 1 aromatic rings. The summed E-state index contributed by atoms with van der Waals surface area (Å²) in [5.41, 5.74) is 5.00. The van der Waals surface area contributed by atoms with Gasteiger partial charge in [0.2, 0.25) is 11.8 Å². The van der Waals surface area contributed by atoms with Gasteiger partial charge in [0, 0.05) is 0 Å². The minimum Gasteiger partial charge on any atom is -0.449 e. The molecule has 0 aliphatic rings. The van der Waals surface area contributed by atoms with E-state index in [1.165, 1.54) is 24.3 Å². The number of carbonyl (C=O) groups is 3. The molecule has 1 atom stereocenters. The van der Waals surface area contributed by atoms with Gasteiger partial charge < -0.3 is 21.1 Å². The fraction of sp³-hybridized carbons (Fsp3) is 0.400. The number of hydrogen-bond donors (Lipinski definition) is 3. The van der Waals surface area contributed by atoms with Crippen molar-refractivity contribution in [3.63, 3.8) is 0 Å². The van der Waals surface area contributed by atoms with Gasteiger partial charge in [-0.3, -0.25) is 9.59 Å². The van der Waals surface area contributed by atoms with Gasteiger partial charge in [-0.1, -0.05) is 26.0 Å². The first kappa shape index (κ1) is 18.4. The second-order valence-corrected chi connectivity index (χ2v) is 5.33. The Kier molecular flexibility index (Phi) is 6.98. The van der Waals surface area contributed by atoms with Crippen LogP contribution < -0.4 is 16.4 Å². The van der Waals surface area contributed by atoms with E-state index in [0.29, 0.717) is 0 Å². The summed E-state index contributed by atoms with van der Waals surface area (Å²) in [4.78, 5) is 34.8. The molecule has 0 spiro atoms. The first-order chi connectivity index (χ1) is 10.8. The molecule has 0 aliphatic heterocycles. The lowest BCUT2D eigenvalue weighted by atomic mass is 10.1. The Bertz CT molecular complexity index is 578. The van der Waals surface area contributed by atoms with E-state index in [4.69, 9.17) is 10.5 Å². The van der Waals surface area contributed by atoms with Gasteiger partial charge >= 0.3 is 6.09 Å². The number of benzene rings is 1. The van der Waals surface area contributed by atoms with Crippen LogP contribution in [0.5, 0.6) is 0 Å². The van der Waals surface area contributed by atoms with Crippen molar-refractivity contribution in [2.45, 2.75) is 26.3 Å². The van der Waals surface area contributed by atoms with Gasteiger partial charge in [0.25, 0.3) is 0 Å². The van der Waals surface area contributed by atoms with E-state index >= 15 is 0 Å². The van der Waals surface area contributed by atoms with E-state index < -0.39 is 36.2 Å². The molecule has 0 unspecified atom stereocenters.